The van der Waals surface area contributed by atoms with E-state index in [1.807, 2.05) is 20.8 Å². The molecule has 1 aliphatic carbocycles. The van der Waals surface area contributed by atoms with Gasteiger partial charge in [-0.1, -0.05) is 20.8 Å². The maximum Gasteiger partial charge on any atom is 0.314 e. The van der Waals surface area contributed by atoms with E-state index in [0.29, 0.717) is 0 Å². The minimum absolute atomic E-state index is 0.0288. The summed E-state index contributed by atoms with van der Waals surface area (Å²) in [6.45, 7) is 14.3. The molecule has 1 rings (SSSR count). The first-order valence-corrected chi connectivity index (χ1v) is 7.82. The van der Waals surface area contributed by atoms with Crippen LogP contribution in [0.4, 0.5) is 0 Å². The van der Waals surface area contributed by atoms with Crippen LogP contribution in [0.2, 0.25) is 0 Å². The second-order valence-corrected chi connectivity index (χ2v) is 8.84. The Morgan fingerprint density at radius 1 is 1.10 bits per heavy atom. The van der Waals surface area contributed by atoms with E-state index >= 15 is 0 Å². The summed E-state index contributed by atoms with van der Waals surface area (Å²) in [5, 5.41) is 0. The topological polar surface area (TPSA) is 52.3 Å². The van der Waals surface area contributed by atoms with Gasteiger partial charge in [-0.2, -0.15) is 0 Å². The van der Waals surface area contributed by atoms with Crippen molar-refractivity contribution >= 4 is 5.97 Å². The van der Waals surface area contributed by atoms with E-state index in [0.717, 1.165) is 32.1 Å². The average Bonchev–Trinajstić information content (AvgIpc) is 2.60. The molecule has 1 saturated carbocycles. The molecule has 1 atom stereocenters. The number of hydrogen-bond donors (Lipinski definition) is 1. The van der Waals surface area contributed by atoms with Crippen molar-refractivity contribution in [1.82, 2.24) is 0 Å². The van der Waals surface area contributed by atoms with E-state index in [2.05, 4.69) is 27.7 Å². The summed E-state index contributed by atoms with van der Waals surface area (Å²) in [6.07, 6.45) is 4.95. The van der Waals surface area contributed by atoms with Crippen LogP contribution in [0.1, 0.15) is 80.6 Å². The van der Waals surface area contributed by atoms with Crippen LogP contribution in [0.3, 0.4) is 0 Å². The van der Waals surface area contributed by atoms with Crippen molar-refractivity contribution in [2.45, 2.75) is 91.7 Å². The van der Waals surface area contributed by atoms with Crippen LogP contribution < -0.4 is 5.73 Å². The summed E-state index contributed by atoms with van der Waals surface area (Å²) in [4.78, 5) is 12.8. The van der Waals surface area contributed by atoms with Gasteiger partial charge in [-0.25, -0.2) is 0 Å². The summed E-state index contributed by atoms with van der Waals surface area (Å²) in [6, 6.07) is 0. The van der Waals surface area contributed by atoms with Crippen molar-refractivity contribution in [1.29, 1.82) is 0 Å². The van der Waals surface area contributed by atoms with Crippen molar-refractivity contribution in [3.63, 3.8) is 0 Å². The van der Waals surface area contributed by atoms with Crippen molar-refractivity contribution in [2.75, 3.05) is 0 Å². The quantitative estimate of drug-likeness (QED) is 0.792. The molecule has 0 amide bonds. The van der Waals surface area contributed by atoms with Crippen LogP contribution in [-0.4, -0.2) is 17.1 Å². The SMILES string of the molecule is CC(C)(C)CC(C)(C(=O)OC1(C)CCCC1)C(C)(C)N. The number of rotatable bonds is 4. The number of carbonyl (C=O) groups is 1. The molecule has 2 N–H and O–H groups in total. The Morgan fingerprint density at radius 2 is 1.55 bits per heavy atom. The zero-order chi connectivity index (χ0) is 15.8. The molecule has 0 saturated heterocycles. The first-order chi connectivity index (χ1) is 8.79. The molecule has 3 heteroatoms. The minimum Gasteiger partial charge on any atom is -0.459 e. The number of nitrogens with two attached hydrogens (primary N) is 1. The molecule has 20 heavy (non-hydrogen) atoms. The maximum atomic E-state index is 12.8. The molecule has 1 fully saturated rings. The van der Waals surface area contributed by atoms with Gasteiger partial charge in [0.2, 0.25) is 0 Å². The molecule has 0 aromatic rings. The van der Waals surface area contributed by atoms with Crippen molar-refractivity contribution < 1.29 is 9.53 Å². The normalized spacial score (nSPS) is 22.4. The van der Waals surface area contributed by atoms with Crippen LogP contribution in [0.5, 0.6) is 0 Å². The van der Waals surface area contributed by atoms with Gasteiger partial charge in [0.15, 0.2) is 0 Å². The van der Waals surface area contributed by atoms with E-state index in [1.165, 1.54) is 0 Å². The molecule has 118 valence electrons. The van der Waals surface area contributed by atoms with Gasteiger partial charge in [0.25, 0.3) is 0 Å². The van der Waals surface area contributed by atoms with E-state index < -0.39 is 11.0 Å². The van der Waals surface area contributed by atoms with Gasteiger partial charge in [-0.15, -0.1) is 0 Å². The second-order valence-electron chi connectivity index (χ2n) is 8.84. The number of hydrogen-bond acceptors (Lipinski definition) is 3. The van der Waals surface area contributed by atoms with Gasteiger partial charge in [0.1, 0.15) is 5.60 Å². The monoisotopic (exact) mass is 283 g/mol. The van der Waals surface area contributed by atoms with Gasteiger partial charge in [0.05, 0.1) is 5.41 Å². The largest absolute Gasteiger partial charge is 0.459 e. The lowest BCUT2D eigenvalue weighted by Gasteiger charge is -2.44. The summed E-state index contributed by atoms with van der Waals surface area (Å²) in [5.41, 5.74) is 4.80. The van der Waals surface area contributed by atoms with Crippen LogP contribution in [0.25, 0.3) is 0 Å². The van der Waals surface area contributed by atoms with Crippen LogP contribution >= 0.6 is 0 Å². The third-order valence-electron chi connectivity index (χ3n) is 4.76. The molecule has 0 aromatic heterocycles. The molecule has 0 bridgehead atoms. The summed E-state index contributed by atoms with van der Waals surface area (Å²) in [5.74, 6) is -0.135. The molecule has 0 radical (unpaired) electrons. The highest BCUT2D eigenvalue weighted by Gasteiger charge is 2.50. The first-order valence-electron chi connectivity index (χ1n) is 7.82. The molecule has 0 spiro atoms. The van der Waals surface area contributed by atoms with Crippen molar-refractivity contribution in [3.8, 4) is 0 Å². The smallest absolute Gasteiger partial charge is 0.314 e. The van der Waals surface area contributed by atoms with E-state index in [-0.39, 0.29) is 17.0 Å². The molecule has 3 nitrogen and oxygen atoms in total. The van der Waals surface area contributed by atoms with Gasteiger partial charge in [-0.05, 0) is 65.2 Å². The number of ether oxygens (including phenoxy) is 1. The molecular weight excluding hydrogens is 250 g/mol. The summed E-state index contributed by atoms with van der Waals surface area (Å²) in [7, 11) is 0. The third kappa shape index (κ3) is 3.97. The Kier molecular flexibility index (Phi) is 4.65. The highest BCUT2D eigenvalue weighted by molar-refractivity contribution is 5.78. The number of carbonyl (C=O) groups excluding carboxylic acids is 1. The van der Waals surface area contributed by atoms with Gasteiger partial charge < -0.3 is 10.5 Å². The van der Waals surface area contributed by atoms with Crippen LogP contribution in [0.15, 0.2) is 0 Å². The Bertz CT molecular complexity index is 356. The fourth-order valence-electron chi connectivity index (χ4n) is 3.19. The maximum absolute atomic E-state index is 12.8. The predicted molar refractivity (Wildman–Crippen MR) is 83.4 cm³/mol. The zero-order valence-corrected chi connectivity index (χ0v) is 14.4. The third-order valence-corrected chi connectivity index (χ3v) is 4.76. The predicted octanol–water partition coefficient (Wildman–Crippen LogP) is 4.04. The summed E-state index contributed by atoms with van der Waals surface area (Å²) < 4.78 is 5.92. The van der Waals surface area contributed by atoms with Crippen molar-refractivity contribution in [2.24, 2.45) is 16.6 Å². The second kappa shape index (κ2) is 5.32. The molecule has 0 aromatic carbocycles. The fourth-order valence-corrected chi connectivity index (χ4v) is 3.19. The average molecular weight is 283 g/mol. The van der Waals surface area contributed by atoms with Gasteiger partial charge in [-0.3, -0.25) is 4.79 Å². The Labute approximate surface area is 124 Å². The molecule has 1 aliphatic rings. The zero-order valence-electron chi connectivity index (χ0n) is 14.4. The van der Waals surface area contributed by atoms with Gasteiger partial charge >= 0.3 is 5.97 Å². The fraction of sp³-hybridized carbons (Fsp3) is 0.941. The molecular formula is C17H33NO2. The van der Waals surface area contributed by atoms with E-state index in [1.54, 1.807) is 0 Å². The first kappa shape index (κ1) is 17.5. The Hall–Kier alpha value is -0.570. The Morgan fingerprint density at radius 3 is 1.90 bits per heavy atom. The van der Waals surface area contributed by atoms with Crippen molar-refractivity contribution in [3.05, 3.63) is 0 Å². The Balaban J connectivity index is 2.96. The van der Waals surface area contributed by atoms with Crippen LogP contribution in [-0.2, 0) is 9.53 Å². The molecule has 0 heterocycles. The lowest BCUT2D eigenvalue weighted by Crippen LogP contribution is -2.56. The number of esters is 1. The van der Waals surface area contributed by atoms with E-state index in [4.69, 9.17) is 10.5 Å². The highest BCUT2D eigenvalue weighted by atomic mass is 16.6. The molecule has 0 aliphatic heterocycles. The standard InChI is InChI=1S/C17H33NO2/c1-14(2,3)12-17(7,15(4,5)18)13(19)20-16(6)10-8-9-11-16/h8-12,18H2,1-7H3. The van der Waals surface area contributed by atoms with Crippen LogP contribution in [0, 0.1) is 10.8 Å². The van der Waals surface area contributed by atoms with E-state index in [9.17, 15) is 4.79 Å². The highest BCUT2D eigenvalue weighted by Crippen LogP contribution is 2.44. The lowest BCUT2D eigenvalue weighted by molar-refractivity contribution is -0.175. The lowest BCUT2D eigenvalue weighted by atomic mass is 9.65. The summed E-state index contributed by atoms with van der Waals surface area (Å²) >= 11 is 0. The van der Waals surface area contributed by atoms with Gasteiger partial charge in [0, 0.05) is 5.54 Å². The minimum atomic E-state index is -0.670. The molecule has 1 unspecified atom stereocenters.